The van der Waals surface area contributed by atoms with Gasteiger partial charge >= 0.3 is 0 Å². The molecule has 1 N–H and O–H groups in total. The number of likely N-dealkylation sites (N-methyl/N-ethyl adjacent to an activating group) is 1. The molecule has 1 unspecified atom stereocenters. The molecule has 20 heavy (non-hydrogen) atoms. The second-order valence-electron chi connectivity index (χ2n) is 5.34. The van der Waals surface area contributed by atoms with Crippen LogP contribution in [0.25, 0.3) is 0 Å². The van der Waals surface area contributed by atoms with Crippen molar-refractivity contribution in [3.63, 3.8) is 0 Å². The lowest BCUT2D eigenvalue weighted by Gasteiger charge is -2.30. The summed E-state index contributed by atoms with van der Waals surface area (Å²) < 4.78 is 13.3. The van der Waals surface area contributed by atoms with Crippen LogP contribution >= 0.6 is 0 Å². The summed E-state index contributed by atoms with van der Waals surface area (Å²) in [6.45, 7) is 4.42. The standard InChI is InChI=1S/C15H21FN2O2/c1-3-12-10-17(2)7-4-8-18(12)15(20)13-9-11(16)5-6-14(13)19/h5-6,9,12,19H,3-4,7-8,10H2,1-2H3. The minimum absolute atomic E-state index is 0.0491. The molecule has 0 aliphatic carbocycles. The number of carbonyl (C=O) groups excluding carboxylic acids is 1. The molecular formula is C15H21FN2O2. The molecule has 1 heterocycles. The largest absolute Gasteiger partial charge is 0.507 e. The van der Waals surface area contributed by atoms with Crippen molar-refractivity contribution in [1.29, 1.82) is 0 Å². The molecule has 1 saturated heterocycles. The van der Waals surface area contributed by atoms with Crippen molar-refractivity contribution in [2.45, 2.75) is 25.8 Å². The van der Waals surface area contributed by atoms with Crippen LogP contribution in [0.5, 0.6) is 5.75 Å². The lowest BCUT2D eigenvalue weighted by atomic mass is 10.1. The van der Waals surface area contributed by atoms with Crippen LogP contribution in [0, 0.1) is 5.82 Å². The molecule has 0 bridgehead atoms. The van der Waals surface area contributed by atoms with E-state index < -0.39 is 5.82 Å². The van der Waals surface area contributed by atoms with E-state index in [-0.39, 0.29) is 23.3 Å². The number of hydrogen-bond acceptors (Lipinski definition) is 3. The Balaban J connectivity index is 2.27. The van der Waals surface area contributed by atoms with E-state index in [9.17, 15) is 14.3 Å². The monoisotopic (exact) mass is 280 g/mol. The lowest BCUT2D eigenvalue weighted by Crippen LogP contribution is -2.43. The molecule has 1 amide bonds. The Morgan fingerprint density at radius 2 is 2.20 bits per heavy atom. The Morgan fingerprint density at radius 1 is 1.45 bits per heavy atom. The van der Waals surface area contributed by atoms with Crippen LogP contribution in [-0.2, 0) is 0 Å². The molecule has 1 atom stereocenters. The average Bonchev–Trinajstić information content (AvgIpc) is 2.62. The number of hydrogen-bond donors (Lipinski definition) is 1. The van der Waals surface area contributed by atoms with Crippen LogP contribution < -0.4 is 0 Å². The molecular weight excluding hydrogens is 259 g/mol. The van der Waals surface area contributed by atoms with E-state index in [1.807, 2.05) is 14.0 Å². The predicted molar refractivity (Wildman–Crippen MR) is 75.3 cm³/mol. The third-order valence-electron chi connectivity index (χ3n) is 3.82. The number of amides is 1. The predicted octanol–water partition coefficient (Wildman–Crippen LogP) is 2.09. The van der Waals surface area contributed by atoms with Crippen LogP contribution in [0.1, 0.15) is 30.1 Å². The zero-order valence-corrected chi connectivity index (χ0v) is 12.0. The maximum absolute atomic E-state index is 13.3. The van der Waals surface area contributed by atoms with Gasteiger partial charge in [-0.1, -0.05) is 6.92 Å². The molecule has 110 valence electrons. The molecule has 0 spiro atoms. The Kier molecular flexibility index (Phi) is 4.60. The van der Waals surface area contributed by atoms with Crippen molar-refractivity contribution in [3.8, 4) is 5.75 Å². The number of rotatable bonds is 2. The van der Waals surface area contributed by atoms with Crippen LogP contribution in [0.3, 0.4) is 0 Å². The van der Waals surface area contributed by atoms with Gasteiger partial charge in [0.1, 0.15) is 11.6 Å². The summed E-state index contributed by atoms with van der Waals surface area (Å²) in [6.07, 6.45) is 1.72. The Labute approximate surface area is 118 Å². The summed E-state index contributed by atoms with van der Waals surface area (Å²) in [5, 5.41) is 9.79. The van der Waals surface area contributed by atoms with Crippen LogP contribution in [-0.4, -0.2) is 53.5 Å². The van der Waals surface area contributed by atoms with Crippen molar-refractivity contribution >= 4 is 5.91 Å². The first-order valence-electron chi connectivity index (χ1n) is 7.01. The van der Waals surface area contributed by atoms with Crippen LogP contribution in [0.15, 0.2) is 18.2 Å². The smallest absolute Gasteiger partial charge is 0.258 e. The van der Waals surface area contributed by atoms with Gasteiger partial charge in [-0.05, 0) is 44.6 Å². The van der Waals surface area contributed by atoms with Gasteiger partial charge in [0.2, 0.25) is 0 Å². The van der Waals surface area contributed by atoms with Gasteiger partial charge in [-0.2, -0.15) is 0 Å². The fourth-order valence-electron chi connectivity index (χ4n) is 2.69. The number of phenolic OH excluding ortho intramolecular Hbond substituents is 1. The third-order valence-corrected chi connectivity index (χ3v) is 3.82. The molecule has 0 saturated carbocycles. The number of halogens is 1. The van der Waals surface area contributed by atoms with Gasteiger partial charge in [-0.25, -0.2) is 4.39 Å². The molecule has 1 aromatic rings. The lowest BCUT2D eigenvalue weighted by molar-refractivity contribution is 0.0672. The SMILES string of the molecule is CCC1CN(C)CCCN1C(=O)c1cc(F)ccc1O. The number of aromatic hydroxyl groups is 1. The topological polar surface area (TPSA) is 43.8 Å². The highest BCUT2D eigenvalue weighted by molar-refractivity contribution is 5.97. The third kappa shape index (κ3) is 3.10. The highest BCUT2D eigenvalue weighted by Gasteiger charge is 2.28. The Morgan fingerprint density at radius 3 is 2.90 bits per heavy atom. The van der Waals surface area contributed by atoms with E-state index >= 15 is 0 Å². The summed E-state index contributed by atoms with van der Waals surface area (Å²) in [6, 6.07) is 3.59. The number of nitrogens with zero attached hydrogens (tertiary/aromatic N) is 2. The van der Waals surface area contributed by atoms with E-state index in [1.54, 1.807) is 4.90 Å². The van der Waals surface area contributed by atoms with E-state index in [4.69, 9.17) is 0 Å². The van der Waals surface area contributed by atoms with E-state index in [0.29, 0.717) is 6.54 Å². The summed E-state index contributed by atoms with van der Waals surface area (Å²) in [5.41, 5.74) is 0.0491. The minimum atomic E-state index is -0.508. The fraction of sp³-hybridized carbons (Fsp3) is 0.533. The highest BCUT2D eigenvalue weighted by Crippen LogP contribution is 2.23. The zero-order chi connectivity index (χ0) is 14.7. The van der Waals surface area contributed by atoms with Crippen molar-refractivity contribution in [2.24, 2.45) is 0 Å². The molecule has 4 nitrogen and oxygen atoms in total. The van der Waals surface area contributed by atoms with Gasteiger partial charge in [-0.3, -0.25) is 4.79 Å². The van der Waals surface area contributed by atoms with Gasteiger partial charge in [0, 0.05) is 19.1 Å². The second-order valence-corrected chi connectivity index (χ2v) is 5.34. The molecule has 5 heteroatoms. The van der Waals surface area contributed by atoms with Gasteiger partial charge in [0.15, 0.2) is 0 Å². The summed E-state index contributed by atoms with van der Waals surface area (Å²) in [5.74, 6) is -0.959. The zero-order valence-electron chi connectivity index (χ0n) is 12.0. The summed E-state index contributed by atoms with van der Waals surface area (Å²) in [7, 11) is 2.04. The molecule has 1 aliphatic rings. The van der Waals surface area contributed by atoms with E-state index in [1.165, 1.54) is 6.07 Å². The fourth-order valence-corrected chi connectivity index (χ4v) is 2.69. The molecule has 1 aromatic carbocycles. The summed E-state index contributed by atoms with van der Waals surface area (Å²) >= 11 is 0. The summed E-state index contributed by atoms with van der Waals surface area (Å²) in [4.78, 5) is 16.5. The van der Waals surface area contributed by atoms with Crippen LogP contribution in [0.4, 0.5) is 4.39 Å². The maximum atomic E-state index is 13.3. The van der Waals surface area contributed by atoms with Crippen molar-refractivity contribution in [1.82, 2.24) is 9.80 Å². The quantitative estimate of drug-likeness (QED) is 0.902. The van der Waals surface area contributed by atoms with Gasteiger partial charge < -0.3 is 14.9 Å². The van der Waals surface area contributed by atoms with E-state index in [2.05, 4.69) is 4.90 Å². The Hall–Kier alpha value is -1.62. The van der Waals surface area contributed by atoms with Crippen molar-refractivity contribution in [2.75, 3.05) is 26.7 Å². The highest BCUT2D eigenvalue weighted by atomic mass is 19.1. The molecule has 0 radical (unpaired) electrons. The Bertz CT molecular complexity index is 493. The number of carbonyl (C=O) groups is 1. The molecule has 1 aliphatic heterocycles. The van der Waals surface area contributed by atoms with Gasteiger partial charge in [-0.15, -0.1) is 0 Å². The first-order chi connectivity index (χ1) is 9.52. The number of phenols is 1. The normalized spacial score (nSPS) is 20.8. The van der Waals surface area contributed by atoms with Gasteiger partial charge in [0.05, 0.1) is 5.56 Å². The van der Waals surface area contributed by atoms with E-state index in [0.717, 1.165) is 38.1 Å². The first-order valence-corrected chi connectivity index (χ1v) is 7.01. The number of benzene rings is 1. The van der Waals surface area contributed by atoms with Crippen LogP contribution in [0.2, 0.25) is 0 Å². The molecule has 0 aromatic heterocycles. The van der Waals surface area contributed by atoms with Gasteiger partial charge in [0.25, 0.3) is 5.91 Å². The second kappa shape index (κ2) is 6.22. The first kappa shape index (κ1) is 14.8. The average molecular weight is 280 g/mol. The van der Waals surface area contributed by atoms with Crippen molar-refractivity contribution < 1.29 is 14.3 Å². The van der Waals surface area contributed by atoms with Crippen molar-refractivity contribution in [3.05, 3.63) is 29.6 Å². The molecule has 2 rings (SSSR count). The maximum Gasteiger partial charge on any atom is 0.258 e. The molecule has 1 fully saturated rings. The minimum Gasteiger partial charge on any atom is -0.507 e.